The predicted octanol–water partition coefficient (Wildman–Crippen LogP) is 0.704. The Balaban J connectivity index is 3.09. The summed E-state index contributed by atoms with van der Waals surface area (Å²) < 4.78 is 15.0. The van der Waals surface area contributed by atoms with E-state index in [9.17, 15) is 5.11 Å². The Morgan fingerprint density at radius 3 is 2.21 bits per heavy atom. The van der Waals surface area contributed by atoms with E-state index in [1.54, 1.807) is 0 Å². The summed E-state index contributed by atoms with van der Waals surface area (Å²) >= 11 is 0. The minimum atomic E-state index is -0.0342. The second-order valence-corrected chi connectivity index (χ2v) is 2.49. The molecule has 0 radical (unpaired) electrons. The van der Waals surface area contributed by atoms with Crippen molar-refractivity contribution in [2.45, 2.75) is 0 Å². The van der Waals surface area contributed by atoms with E-state index in [2.05, 4.69) is 0 Å². The van der Waals surface area contributed by atoms with Crippen LogP contribution in [0.4, 0.5) is 0 Å². The van der Waals surface area contributed by atoms with E-state index in [0.29, 0.717) is 11.5 Å². The molecule has 0 spiro atoms. The Kier molecular flexibility index (Phi) is 3.41. The number of benzene rings is 1. The van der Waals surface area contributed by atoms with Crippen LogP contribution < -0.4 is 19.9 Å². The molecule has 1 rings (SSSR count). The highest BCUT2D eigenvalue weighted by molar-refractivity contribution is 5.53. The average molecular weight is 199 g/mol. The lowest BCUT2D eigenvalue weighted by Crippen LogP contribution is -2.07. The van der Waals surface area contributed by atoms with E-state index < -0.39 is 0 Å². The monoisotopic (exact) mass is 199 g/mol. The molecule has 0 fully saturated rings. The summed E-state index contributed by atoms with van der Waals surface area (Å²) in [6, 6.07) is 2.92. The smallest absolute Gasteiger partial charge is 0.166 e. The molecule has 0 bridgehead atoms. The van der Waals surface area contributed by atoms with Crippen molar-refractivity contribution in [2.75, 3.05) is 21.0 Å². The van der Waals surface area contributed by atoms with Crippen molar-refractivity contribution in [3.05, 3.63) is 12.1 Å². The minimum absolute atomic E-state index is 0.0109. The molecule has 0 amide bonds. The molecule has 78 valence electrons. The molecule has 0 unspecified atom stereocenters. The van der Waals surface area contributed by atoms with Crippen molar-refractivity contribution in [3.8, 4) is 23.0 Å². The van der Waals surface area contributed by atoms with Crippen molar-refractivity contribution in [1.29, 1.82) is 0 Å². The molecule has 0 aliphatic carbocycles. The second-order valence-electron chi connectivity index (χ2n) is 2.49. The van der Waals surface area contributed by atoms with Crippen LogP contribution in [0, 0.1) is 0 Å². The molecule has 1 aromatic rings. The van der Waals surface area contributed by atoms with Gasteiger partial charge in [0.1, 0.15) is 6.73 Å². The Labute approximate surface area is 82.0 Å². The molecular formula is C9H13NO4. The van der Waals surface area contributed by atoms with Gasteiger partial charge in [-0.25, -0.2) is 0 Å². The van der Waals surface area contributed by atoms with Crippen LogP contribution in [-0.2, 0) is 0 Å². The standard InChI is InChI=1S/C9H13NO4/c1-12-8-3-6(11)7(14-5-10)4-9(8)13-2/h3-4,11H,5,10H2,1-2H3. The number of nitrogens with two attached hydrogens (primary N) is 1. The molecule has 0 saturated heterocycles. The van der Waals surface area contributed by atoms with E-state index in [1.165, 1.54) is 26.4 Å². The number of phenols is 1. The van der Waals surface area contributed by atoms with Crippen molar-refractivity contribution in [3.63, 3.8) is 0 Å². The van der Waals surface area contributed by atoms with Gasteiger partial charge in [-0.05, 0) is 0 Å². The highest BCUT2D eigenvalue weighted by Gasteiger charge is 2.10. The van der Waals surface area contributed by atoms with Crippen LogP contribution in [0.3, 0.4) is 0 Å². The first-order valence-electron chi connectivity index (χ1n) is 4.00. The summed E-state index contributed by atoms with van der Waals surface area (Å²) in [5.41, 5.74) is 5.19. The molecule has 0 atom stereocenters. The van der Waals surface area contributed by atoms with Gasteiger partial charge in [0.15, 0.2) is 23.0 Å². The molecule has 0 aliphatic rings. The zero-order valence-electron chi connectivity index (χ0n) is 8.11. The maximum atomic E-state index is 9.46. The molecule has 5 heteroatoms. The van der Waals surface area contributed by atoms with Gasteiger partial charge < -0.3 is 19.3 Å². The molecule has 0 heterocycles. The van der Waals surface area contributed by atoms with Crippen LogP contribution in [0.15, 0.2) is 12.1 Å². The first-order chi connectivity index (χ1) is 6.72. The van der Waals surface area contributed by atoms with E-state index in [4.69, 9.17) is 19.9 Å². The van der Waals surface area contributed by atoms with Gasteiger partial charge in [0, 0.05) is 12.1 Å². The molecule has 1 aromatic carbocycles. The average Bonchev–Trinajstić information content (AvgIpc) is 2.20. The van der Waals surface area contributed by atoms with Gasteiger partial charge in [0.05, 0.1) is 14.2 Å². The fraction of sp³-hybridized carbons (Fsp3) is 0.333. The quantitative estimate of drug-likeness (QED) is 0.698. The number of aromatic hydroxyl groups is 1. The van der Waals surface area contributed by atoms with Gasteiger partial charge in [0.25, 0.3) is 0 Å². The Morgan fingerprint density at radius 1 is 1.14 bits per heavy atom. The van der Waals surface area contributed by atoms with Crippen LogP contribution in [-0.4, -0.2) is 26.1 Å². The Hall–Kier alpha value is -1.62. The van der Waals surface area contributed by atoms with Crippen LogP contribution >= 0.6 is 0 Å². The number of methoxy groups -OCH3 is 2. The topological polar surface area (TPSA) is 73.9 Å². The summed E-state index contributed by atoms with van der Waals surface area (Å²) in [7, 11) is 2.99. The third-order valence-electron chi connectivity index (χ3n) is 1.70. The van der Waals surface area contributed by atoms with Crippen molar-refractivity contribution < 1.29 is 19.3 Å². The van der Waals surface area contributed by atoms with Crippen LogP contribution in [0.1, 0.15) is 0 Å². The van der Waals surface area contributed by atoms with Gasteiger partial charge >= 0.3 is 0 Å². The molecular weight excluding hydrogens is 186 g/mol. The highest BCUT2D eigenvalue weighted by Crippen LogP contribution is 2.38. The number of hydrogen-bond donors (Lipinski definition) is 2. The first-order valence-corrected chi connectivity index (χ1v) is 4.00. The Morgan fingerprint density at radius 2 is 1.71 bits per heavy atom. The summed E-state index contributed by atoms with van der Waals surface area (Å²) in [6.45, 7) is -0.0109. The van der Waals surface area contributed by atoms with Crippen molar-refractivity contribution in [1.82, 2.24) is 0 Å². The molecule has 0 aromatic heterocycles. The third-order valence-corrected chi connectivity index (χ3v) is 1.70. The van der Waals surface area contributed by atoms with Gasteiger partial charge in [0.2, 0.25) is 0 Å². The SMILES string of the molecule is COc1cc(O)c(OCN)cc1OC. The van der Waals surface area contributed by atoms with Gasteiger partial charge in [-0.15, -0.1) is 0 Å². The number of rotatable bonds is 4. The summed E-state index contributed by atoms with van der Waals surface area (Å²) in [6.07, 6.45) is 0. The zero-order chi connectivity index (χ0) is 10.6. The number of phenolic OH excluding ortho intramolecular Hbond substituents is 1. The van der Waals surface area contributed by atoms with Crippen LogP contribution in [0.2, 0.25) is 0 Å². The highest BCUT2D eigenvalue weighted by atomic mass is 16.5. The maximum absolute atomic E-state index is 9.46. The largest absolute Gasteiger partial charge is 0.504 e. The fourth-order valence-electron chi connectivity index (χ4n) is 1.05. The van der Waals surface area contributed by atoms with E-state index in [1.807, 2.05) is 0 Å². The van der Waals surface area contributed by atoms with Crippen molar-refractivity contribution >= 4 is 0 Å². The molecule has 3 N–H and O–H groups in total. The third kappa shape index (κ3) is 2.00. The van der Waals surface area contributed by atoms with Gasteiger partial charge in [-0.1, -0.05) is 0 Å². The molecule has 0 saturated carbocycles. The maximum Gasteiger partial charge on any atom is 0.166 e. The lowest BCUT2D eigenvalue weighted by atomic mass is 10.2. The molecule has 0 aliphatic heterocycles. The summed E-state index contributed by atoms with van der Waals surface area (Å²) in [4.78, 5) is 0. The number of ether oxygens (including phenoxy) is 3. The van der Waals surface area contributed by atoms with Crippen LogP contribution in [0.5, 0.6) is 23.0 Å². The lowest BCUT2D eigenvalue weighted by molar-refractivity contribution is 0.300. The van der Waals surface area contributed by atoms with E-state index >= 15 is 0 Å². The van der Waals surface area contributed by atoms with Crippen molar-refractivity contribution in [2.24, 2.45) is 5.73 Å². The van der Waals surface area contributed by atoms with Crippen LogP contribution in [0.25, 0.3) is 0 Å². The zero-order valence-corrected chi connectivity index (χ0v) is 8.11. The summed E-state index contributed by atoms with van der Waals surface area (Å²) in [5, 5.41) is 9.46. The second kappa shape index (κ2) is 4.57. The number of hydrogen-bond acceptors (Lipinski definition) is 5. The minimum Gasteiger partial charge on any atom is -0.504 e. The van der Waals surface area contributed by atoms with Gasteiger partial charge in [-0.3, -0.25) is 5.73 Å². The van der Waals surface area contributed by atoms with E-state index in [-0.39, 0.29) is 18.2 Å². The normalized spacial score (nSPS) is 9.64. The molecule has 14 heavy (non-hydrogen) atoms. The fourth-order valence-corrected chi connectivity index (χ4v) is 1.05. The Bertz CT molecular complexity index is 314. The van der Waals surface area contributed by atoms with E-state index in [0.717, 1.165) is 0 Å². The van der Waals surface area contributed by atoms with Gasteiger partial charge in [-0.2, -0.15) is 0 Å². The molecule has 5 nitrogen and oxygen atoms in total. The lowest BCUT2D eigenvalue weighted by Gasteiger charge is -2.11. The first kappa shape index (κ1) is 10.5. The summed E-state index contributed by atoms with van der Waals surface area (Å²) in [5.74, 6) is 1.15. The predicted molar refractivity (Wildman–Crippen MR) is 50.9 cm³/mol.